The standard InChI is InChI=1S/C21H16ClN5O/c22-19-11-4-5-12-20(19)24-21(28)17(13-23)9-6-10-18-15-27(26-25-18)14-16-7-2-1-3-8-16/h1-12,15H,14H2,(H,24,28)/b10-6+,17-9+. The van der Waals surface area contributed by atoms with E-state index in [1.807, 2.05) is 36.4 Å². The lowest BCUT2D eigenvalue weighted by Crippen LogP contribution is -2.13. The number of carbonyl (C=O) groups excluding carboxylic acids is 1. The van der Waals surface area contributed by atoms with Crippen LogP contribution in [0, 0.1) is 11.3 Å². The van der Waals surface area contributed by atoms with Crippen LogP contribution in [0.4, 0.5) is 5.69 Å². The molecule has 0 atom stereocenters. The summed E-state index contributed by atoms with van der Waals surface area (Å²) in [6.45, 7) is 0.612. The SMILES string of the molecule is N#C/C(=C\C=C\c1cn(Cc2ccccc2)nn1)C(=O)Nc1ccccc1Cl. The number of nitrogens with one attached hydrogen (secondary N) is 1. The zero-order chi connectivity index (χ0) is 19.8. The van der Waals surface area contributed by atoms with Crippen LogP contribution in [0.15, 0.2) is 78.5 Å². The Hall–Kier alpha value is -3.69. The van der Waals surface area contributed by atoms with Crippen LogP contribution >= 0.6 is 11.6 Å². The fourth-order valence-corrected chi connectivity index (χ4v) is 2.58. The molecule has 0 bridgehead atoms. The predicted octanol–water partition coefficient (Wildman–Crippen LogP) is 4.08. The zero-order valence-corrected chi connectivity index (χ0v) is 15.5. The van der Waals surface area contributed by atoms with Gasteiger partial charge in [0, 0.05) is 0 Å². The molecule has 0 aliphatic carbocycles. The Bertz CT molecular complexity index is 1060. The molecule has 6 nitrogen and oxygen atoms in total. The average Bonchev–Trinajstić information content (AvgIpc) is 3.15. The lowest BCUT2D eigenvalue weighted by atomic mass is 10.2. The molecule has 28 heavy (non-hydrogen) atoms. The van der Waals surface area contributed by atoms with Gasteiger partial charge in [-0.3, -0.25) is 4.79 Å². The van der Waals surface area contributed by atoms with Gasteiger partial charge >= 0.3 is 0 Å². The Morgan fingerprint density at radius 2 is 1.93 bits per heavy atom. The predicted molar refractivity (Wildman–Crippen MR) is 108 cm³/mol. The van der Waals surface area contributed by atoms with Gasteiger partial charge in [0.05, 0.1) is 23.5 Å². The monoisotopic (exact) mass is 389 g/mol. The van der Waals surface area contributed by atoms with E-state index in [2.05, 4.69) is 15.6 Å². The van der Waals surface area contributed by atoms with Crippen LogP contribution in [0.1, 0.15) is 11.3 Å². The molecule has 0 radical (unpaired) electrons. The van der Waals surface area contributed by atoms with Crippen molar-refractivity contribution in [3.8, 4) is 6.07 Å². The van der Waals surface area contributed by atoms with Gasteiger partial charge in [-0.15, -0.1) is 5.10 Å². The van der Waals surface area contributed by atoms with Crippen molar-refractivity contribution in [1.29, 1.82) is 5.26 Å². The minimum Gasteiger partial charge on any atom is -0.320 e. The third-order valence-corrected chi connectivity index (χ3v) is 4.09. The molecule has 0 spiro atoms. The highest BCUT2D eigenvalue weighted by atomic mass is 35.5. The largest absolute Gasteiger partial charge is 0.320 e. The van der Waals surface area contributed by atoms with Crippen molar-refractivity contribution in [2.45, 2.75) is 6.54 Å². The zero-order valence-electron chi connectivity index (χ0n) is 14.8. The molecule has 3 rings (SSSR count). The van der Waals surface area contributed by atoms with E-state index in [1.54, 1.807) is 47.3 Å². The maximum absolute atomic E-state index is 12.2. The summed E-state index contributed by atoms with van der Waals surface area (Å²) < 4.78 is 1.72. The summed E-state index contributed by atoms with van der Waals surface area (Å²) in [6.07, 6.45) is 6.46. The normalized spacial score (nSPS) is 11.4. The highest BCUT2D eigenvalue weighted by Crippen LogP contribution is 2.20. The van der Waals surface area contributed by atoms with Crippen molar-refractivity contribution >= 4 is 29.3 Å². The van der Waals surface area contributed by atoms with Crippen LogP contribution in [0.25, 0.3) is 6.08 Å². The number of aromatic nitrogens is 3. The first-order valence-electron chi connectivity index (χ1n) is 8.44. The van der Waals surface area contributed by atoms with Gasteiger partial charge in [-0.25, -0.2) is 4.68 Å². The van der Waals surface area contributed by atoms with Crippen LogP contribution in [0.3, 0.4) is 0 Å². The molecule has 138 valence electrons. The van der Waals surface area contributed by atoms with Crippen molar-refractivity contribution in [2.75, 3.05) is 5.32 Å². The Morgan fingerprint density at radius 3 is 2.68 bits per heavy atom. The van der Waals surface area contributed by atoms with Crippen molar-refractivity contribution in [1.82, 2.24) is 15.0 Å². The van der Waals surface area contributed by atoms with Crippen LogP contribution < -0.4 is 5.32 Å². The number of amides is 1. The van der Waals surface area contributed by atoms with Gasteiger partial charge in [0.2, 0.25) is 0 Å². The Morgan fingerprint density at radius 1 is 1.18 bits per heavy atom. The maximum atomic E-state index is 12.2. The lowest BCUT2D eigenvalue weighted by Gasteiger charge is -2.05. The molecule has 0 aliphatic heterocycles. The van der Waals surface area contributed by atoms with Gasteiger partial charge in [0.15, 0.2) is 0 Å². The molecular weight excluding hydrogens is 374 g/mol. The first kappa shape index (κ1) is 19.1. The minimum absolute atomic E-state index is 0.0483. The highest BCUT2D eigenvalue weighted by Gasteiger charge is 2.10. The molecule has 1 aromatic heterocycles. The topological polar surface area (TPSA) is 83.6 Å². The molecule has 0 unspecified atom stereocenters. The molecule has 0 saturated heterocycles. The first-order valence-corrected chi connectivity index (χ1v) is 8.82. The number of nitriles is 1. The van der Waals surface area contributed by atoms with E-state index in [1.165, 1.54) is 6.08 Å². The third-order valence-electron chi connectivity index (χ3n) is 3.76. The van der Waals surface area contributed by atoms with Gasteiger partial charge in [-0.05, 0) is 29.8 Å². The van der Waals surface area contributed by atoms with Crippen LogP contribution in [-0.2, 0) is 11.3 Å². The molecule has 0 aliphatic rings. The van der Waals surface area contributed by atoms with E-state index in [0.29, 0.717) is 22.9 Å². The summed E-state index contributed by atoms with van der Waals surface area (Å²) in [6, 6.07) is 18.6. The van der Waals surface area contributed by atoms with Gasteiger partial charge < -0.3 is 5.32 Å². The van der Waals surface area contributed by atoms with Gasteiger partial charge in [-0.2, -0.15) is 5.26 Å². The summed E-state index contributed by atoms with van der Waals surface area (Å²) >= 11 is 6.01. The summed E-state index contributed by atoms with van der Waals surface area (Å²) in [5.74, 6) is -0.534. The van der Waals surface area contributed by atoms with E-state index < -0.39 is 5.91 Å². The molecule has 1 amide bonds. The van der Waals surface area contributed by atoms with Crippen molar-refractivity contribution in [3.05, 3.63) is 94.8 Å². The fraction of sp³-hybridized carbons (Fsp3) is 0.0476. The number of para-hydroxylation sites is 1. The Kier molecular flexibility index (Phi) is 6.34. The van der Waals surface area contributed by atoms with Crippen LogP contribution in [0.2, 0.25) is 5.02 Å². The molecule has 0 saturated carbocycles. The molecule has 0 fully saturated rings. The fourth-order valence-electron chi connectivity index (χ4n) is 2.40. The average molecular weight is 390 g/mol. The molecule has 2 aromatic carbocycles. The summed E-state index contributed by atoms with van der Waals surface area (Å²) in [7, 11) is 0. The number of carbonyl (C=O) groups is 1. The summed E-state index contributed by atoms with van der Waals surface area (Å²) in [5.41, 5.74) is 2.14. The van der Waals surface area contributed by atoms with E-state index in [0.717, 1.165) is 5.56 Å². The van der Waals surface area contributed by atoms with E-state index in [4.69, 9.17) is 11.6 Å². The molecular formula is C21H16ClN5O. The number of nitrogens with zero attached hydrogens (tertiary/aromatic N) is 4. The second kappa shape index (κ2) is 9.31. The van der Waals surface area contributed by atoms with Gasteiger partial charge in [-0.1, -0.05) is 65.4 Å². The van der Waals surface area contributed by atoms with E-state index >= 15 is 0 Å². The Labute approximate surface area is 167 Å². The van der Waals surface area contributed by atoms with Crippen molar-refractivity contribution in [2.24, 2.45) is 0 Å². The highest BCUT2D eigenvalue weighted by molar-refractivity contribution is 6.33. The third kappa shape index (κ3) is 5.16. The van der Waals surface area contributed by atoms with Crippen molar-refractivity contribution < 1.29 is 4.79 Å². The second-order valence-electron chi connectivity index (χ2n) is 5.81. The molecule has 7 heteroatoms. The first-order chi connectivity index (χ1) is 13.7. The van der Waals surface area contributed by atoms with E-state index in [-0.39, 0.29) is 5.57 Å². The maximum Gasteiger partial charge on any atom is 0.266 e. The molecule has 1 heterocycles. The number of allylic oxidation sites excluding steroid dienone is 2. The van der Waals surface area contributed by atoms with Crippen molar-refractivity contribution in [3.63, 3.8) is 0 Å². The number of benzene rings is 2. The molecule has 1 N–H and O–H groups in total. The van der Waals surface area contributed by atoms with Crippen LogP contribution in [0.5, 0.6) is 0 Å². The summed E-state index contributed by atoms with van der Waals surface area (Å²) in [5, 5.41) is 20.4. The minimum atomic E-state index is -0.534. The number of hydrogen-bond donors (Lipinski definition) is 1. The number of hydrogen-bond acceptors (Lipinski definition) is 4. The van der Waals surface area contributed by atoms with E-state index in [9.17, 15) is 10.1 Å². The molecule has 3 aromatic rings. The quantitative estimate of drug-likeness (QED) is 0.391. The van der Waals surface area contributed by atoms with Gasteiger partial charge in [0.1, 0.15) is 17.3 Å². The van der Waals surface area contributed by atoms with Crippen LogP contribution in [-0.4, -0.2) is 20.9 Å². The number of anilines is 1. The number of rotatable bonds is 6. The second-order valence-corrected chi connectivity index (χ2v) is 6.22. The Balaban J connectivity index is 1.64. The summed E-state index contributed by atoms with van der Waals surface area (Å²) in [4.78, 5) is 12.2. The van der Waals surface area contributed by atoms with Gasteiger partial charge in [0.25, 0.3) is 5.91 Å². The lowest BCUT2D eigenvalue weighted by molar-refractivity contribution is -0.112. The smallest absolute Gasteiger partial charge is 0.266 e. The number of halogens is 1.